The van der Waals surface area contributed by atoms with Crippen molar-refractivity contribution in [3.8, 4) is 0 Å². The molecule has 0 saturated heterocycles. The lowest BCUT2D eigenvalue weighted by molar-refractivity contribution is 0.233. The van der Waals surface area contributed by atoms with Gasteiger partial charge in [-0.05, 0) is 4.57 Å². The van der Waals surface area contributed by atoms with Crippen LogP contribution in [-0.4, -0.2) is 17.9 Å². The highest BCUT2D eigenvalue weighted by atomic mass is 32.3. The van der Waals surface area contributed by atoms with Crippen LogP contribution >= 0.6 is 8.03 Å². The molecule has 2 atom stereocenters. The Kier molecular flexibility index (Phi) is 3.90. The van der Waals surface area contributed by atoms with Crippen LogP contribution in [0, 0.1) is 0 Å². The van der Waals surface area contributed by atoms with Crippen molar-refractivity contribution < 1.29 is 26.6 Å². The maximum Gasteiger partial charge on any atom is 0.544 e. The highest BCUT2D eigenvalue weighted by Crippen LogP contribution is 2.39. The summed E-state index contributed by atoms with van der Waals surface area (Å²) in [5.74, 6) is -1.59. The first-order valence-corrected chi connectivity index (χ1v) is 6.41. The topological polar surface area (TPSA) is 101 Å². The summed E-state index contributed by atoms with van der Waals surface area (Å²) in [5.41, 5.74) is 0.193. The van der Waals surface area contributed by atoms with E-state index in [1.807, 2.05) is 0 Å². The molecular formula is C7H8O6PS+. The van der Waals surface area contributed by atoms with E-state index in [-0.39, 0.29) is 5.56 Å². The van der Waals surface area contributed by atoms with Crippen LogP contribution in [0.15, 0.2) is 30.3 Å². The van der Waals surface area contributed by atoms with Crippen LogP contribution in [0.3, 0.4) is 0 Å². The number of hydrogen-bond acceptors (Lipinski definition) is 4. The van der Waals surface area contributed by atoms with Gasteiger partial charge in [0, 0.05) is 5.56 Å². The summed E-state index contributed by atoms with van der Waals surface area (Å²) in [6.07, 6.45) is 0. The molecule has 82 valence electrons. The molecule has 0 amide bonds. The molecule has 0 aliphatic rings. The molecule has 1 aromatic rings. The maximum atomic E-state index is 10.8. The first-order valence-electron chi connectivity index (χ1n) is 3.76. The van der Waals surface area contributed by atoms with Gasteiger partial charge in [-0.25, -0.2) is 0 Å². The van der Waals surface area contributed by atoms with Gasteiger partial charge in [-0.2, -0.15) is 17.5 Å². The summed E-state index contributed by atoms with van der Waals surface area (Å²) < 4.78 is 44.1. The summed E-state index contributed by atoms with van der Waals surface area (Å²) in [4.78, 5) is 8.84. The van der Waals surface area contributed by atoms with Gasteiger partial charge in [-0.1, -0.05) is 30.3 Å². The fourth-order valence-electron chi connectivity index (χ4n) is 0.953. The maximum absolute atomic E-state index is 10.8. The predicted molar refractivity (Wildman–Crippen MR) is 51.6 cm³/mol. The van der Waals surface area contributed by atoms with E-state index in [0.29, 0.717) is 0 Å². The fourth-order valence-corrected chi connectivity index (χ4v) is 2.34. The second kappa shape index (κ2) is 4.78. The Morgan fingerprint density at radius 3 is 2.20 bits per heavy atom. The molecule has 15 heavy (non-hydrogen) atoms. The normalized spacial score (nSPS) is 14.7. The Balaban J connectivity index is 3.00. The highest BCUT2D eigenvalue weighted by molar-refractivity contribution is 7.81. The molecule has 0 fully saturated rings. The van der Waals surface area contributed by atoms with Crippen molar-refractivity contribution in [2.24, 2.45) is 0 Å². The van der Waals surface area contributed by atoms with Crippen molar-refractivity contribution in [2.75, 3.05) is 0 Å². The molecule has 0 radical (unpaired) electrons. The fraction of sp³-hybridized carbons (Fsp3) is 0.143. The third-order valence-electron chi connectivity index (χ3n) is 1.50. The van der Waals surface area contributed by atoms with Gasteiger partial charge in [0.15, 0.2) is 0 Å². The Bertz CT molecular complexity index is 442. The van der Waals surface area contributed by atoms with Gasteiger partial charge in [-0.15, -0.1) is 0 Å². The van der Waals surface area contributed by atoms with Crippen molar-refractivity contribution in [3.05, 3.63) is 35.9 Å². The summed E-state index contributed by atoms with van der Waals surface area (Å²) >= 11 is 0. The van der Waals surface area contributed by atoms with Crippen molar-refractivity contribution in [1.82, 2.24) is 0 Å². The molecule has 0 aromatic heterocycles. The molecule has 0 aliphatic heterocycles. The van der Waals surface area contributed by atoms with Gasteiger partial charge in [0.2, 0.25) is 0 Å². The first kappa shape index (κ1) is 12.2. The van der Waals surface area contributed by atoms with E-state index in [2.05, 4.69) is 4.18 Å². The standard InChI is InChI=1S/C7H7O6PS/c8-14(9)7(13-15(10,11)12)6-4-2-1-3-5-6/h1-5,7H,(H-,8,9,10,11,12)/p+1. The molecule has 0 heterocycles. The molecule has 1 rings (SSSR count). The van der Waals surface area contributed by atoms with Crippen LogP contribution in [0.25, 0.3) is 0 Å². The third kappa shape index (κ3) is 4.03. The number of hydrogen-bond donors (Lipinski definition) is 2. The summed E-state index contributed by atoms with van der Waals surface area (Å²) in [6, 6.07) is 7.58. The molecule has 2 N–H and O–H groups in total. The van der Waals surface area contributed by atoms with Gasteiger partial charge in [0.25, 0.3) is 0 Å². The monoisotopic (exact) mass is 251 g/mol. The zero-order valence-corrected chi connectivity index (χ0v) is 9.06. The molecule has 0 bridgehead atoms. The number of benzene rings is 1. The smallest absolute Gasteiger partial charge is 0.263 e. The number of rotatable bonds is 4. The molecule has 0 spiro atoms. The molecule has 0 saturated carbocycles. The lowest BCUT2D eigenvalue weighted by Crippen LogP contribution is -2.08. The average Bonchev–Trinajstić information content (AvgIpc) is 2.14. The Morgan fingerprint density at radius 1 is 1.27 bits per heavy atom. The molecule has 0 aliphatic carbocycles. The van der Waals surface area contributed by atoms with Gasteiger partial charge in [-0.3, -0.25) is 4.55 Å². The van der Waals surface area contributed by atoms with Crippen LogP contribution < -0.4 is 0 Å². The van der Waals surface area contributed by atoms with E-state index < -0.39 is 24.3 Å². The summed E-state index contributed by atoms with van der Waals surface area (Å²) in [6.45, 7) is 0. The van der Waals surface area contributed by atoms with Crippen molar-refractivity contribution in [3.63, 3.8) is 0 Å². The lowest BCUT2D eigenvalue weighted by atomic mass is 10.2. The minimum Gasteiger partial charge on any atom is -0.263 e. The first-order chi connectivity index (χ1) is 6.90. The van der Waals surface area contributed by atoms with E-state index >= 15 is 0 Å². The SMILES string of the molecule is O=[P+](O)C(OS(=O)(=O)O)c1ccccc1. The summed E-state index contributed by atoms with van der Waals surface area (Å²) in [7, 11) is -7.68. The molecule has 8 heteroatoms. The zero-order chi connectivity index (χ0) is 11.5. The van der Waals surface area contributed by atoms with Crippen LogP contribution in [-0.2, 0) is 19.1 Å². The van der Waals surface area contributed by atoms with Crippen LogP contribution in [0.2, 0.25) is 0 Å². The minimum atomic E-state index is -4.76. The Morgan fingerprint density at radius 2 is 1.80 bits per heavy atom. The highest BCUT2D eigenvalue weighted by Gasteiger charge is 2.36. The predicted octanol–water partition coefficient (Wildman–Crippen LogP) is 1.24. The van der Waals surface area contributed by atoms with Gasteiger partial charge in [0.1, 0.15) is 0 Å². The van der Waals surface area contributed by atoms with Crippen molar-refractivity contribution in [1.29, 1.82) is 0 Å². The van der Waals surface area contributed by atoms with Gasteiger partial charge in [0.05, 0.1) is 0 Å². The van der Waals surface area contributed by atoms with E-state index in [0.717, 1.165) is 0 Å². The second-order valence-electron chi connectivity index (χ2n) is 2.59. The Labute approximate surface area is 87.3 Å². The van der Waals surface area contributed by atoms with Crippen molar-refractivity contribution >= 4 is 18.4 Å². The van der Waals surface area contributed by atoms with Crippen LogP contribution in [0.1, 0.15) is 11.4 Å². The van der Waals surface area contributed by atoms with Crippen molar-refractivity contribution in [2.45, 2.75) is 5.85 Å². The van der Waals surface area contributed by atoms with Gasteiger partial charge >= 0.3 is 24.3 Å². The average molecular weight is 251 g/mol. The van der Waals surface area contributed by atoms with Gasteiger partial charge < -0.3 is 0 Å². The molecule has 2 unspecified atom stereocenters. The van der Waals surface area contributed by atoms with E-state index in [1.54, 1.807) is 18.2 Å². The quantitative estimate of drug-likeness (QED) is 0.616. The molecule has 1 aromatic carbocycles. The summed E-state index contributed by atoms with van der Waals surface area (Å²) in [5, 5.41) is 0. The molecule has 6 nitrogen and oxygen atoms in total. The molecular weight excluding hydrogens is 243 g/mol. The second-order valence-corrected chi connectivity index (χ2v) is 4.71. The lowest BCUT2D eigenvalue weighted by Gasteiger charge is -2.03. The van der Waals surface area contributed by atoms with Crippen LogP contribution in [0.5, 0.6) is 0 Å². The zero-order valence-electron chi connectivity index (χ0n) is 7.35. The Hall–Kier alpha value is -0.850. The minimum absolute atomic E-state index is 0.193. The largest absolute Gasteiger partial charge is 0.544 e. The third-order valence-corrected chi connectivity index (χ3v) is 2.88. The van der Waals surface area contributed by atoms with E-state index in [4.69, 9.17) is 9.45 Å². The van der Waals surface area contributed by atoms with E-state index in [9.17, 15) is 13.0 Å². The van der Waals surface area contributed by atoms with Crippen LogP contribution in [0.4, 0.5) is 0 Å². The van der Waals surface area contributed by atoms with E-state index in [1.165, 1.54) is 12.1 Å².